The Balaban J connectivity index is 0.000000470. The van der Waals surface area contributed by atoms with Gasteiger partial charge < -0.3 is 44.8 Å². The van der Waals surface area contributed by atoms with Crippen LogP contribution in [0, 0.1) is 0 Å². The lowest BCUT2D eigenvalue weighted by Gasteiger charge is -2.27. The summed E-state index contributed by atoms with van der Waals surface area (Å²) >= 11 is 1.71. The molecule has 2 aliphatic heterocycles. The van der Waals surface area contributed by atoms with Crippen LogP contribution in [-0.4, -0.2) is 130 Å². The number of likely N-dealkylation sites (tertiary alicyclic amines) is 1. The first-order chi connectivity index (χ1) is 25.9. The van der Waals surface area contributed by atoms with Crippen LogP contribution < -0.4 is 9.47 Å². The van der Waals surface area contributed by atoms with Crippen LogP contribution >= 0.6 is 11.3 Å². The summed E-state index contributed by atoms with van der Waals surface area (Å²) in [5.41, 5.74) is 4.76. The van der Waals surface area contributed by atoms with E-state index in [1.54, 1.807) is 24.5 Å². The molecular formula is C38H44N2O13S. The largest absolute Gasteiger partial charge is 0.508 e. The van der Waals surface area contributed by atoms with E-state index < -0.39 is 23.9 Å². The number of aliphatic carboxylic acids is 4. The number of aromatic hydroxyl groups is 1. The van der Waals surface area contributed by atoms with Gasteiger partial charge in [-0.05, 0) is 96.4 Å². The number of phenolic OH excluding ortho intramolecular Hbond substituents is 1. The van der Waals surface area contributed by atoms with Gasteiger partial charge in [0, 0.05) is 47.4 Å². The molecule has 3 aromatic carbocycles. The molecule has 2 fully saturated rings. The van der Waals surface area contributed by atoms with Crippen molar-refractivity contribution in [3.63, 3.8) is 0 Å². The van der Waals surface area contributed by atoms with Gasteiger partial charge in [-0.25, -0.2) is 19.2 Å². The molecule has 0 spiro atoms. The maximum atomic E-state index is 10.2. The number of aliphatic hydroxyl groups excluding tert-OH is 1. The number of thiophene rings is 1. The Kier molecular flexibility index (Phi) is 15.6. The average Bonchev–Trinajstić information content (AvgIpc) is 3.77. The predicted molar refractivity (Wildman–Crippen MR) is 199 cm³/mol. The first-order valence-electron chi connectivity index (χ1n) is 17.1. The lowest BCUT2D eigenvalue weighted by molar-refractivity contribution is -0.159. The number of benzene rings is 3. The van der Waals surface area contributed by atoms with E-state index in [9.17, 15) is 10.2 Å². The van der Waals surface area contributed by atoms with E-state index in [1.807, 2.05) is 24.3 Å². The maximum absolute atomic E-state index is 10.2. The van der Waals surface area contributed by atoms with E-state index in [0.29, 0.717) is 6.61 Å². The van der Waals surface area contributed by atoms with Gasteiger partial charge in [-0.15, -0.1) is 11.3 Å². The molecule has 0 radical (unpaired) electrons. The maximum Gasteiger partial charge on any atom is 0.414 e. The van der Waals surface area contributed by atoms with Crippen LogP contribution in [0.4, 0.5) is 0 Å². The highest BCUT2D eigenvalue weighted by Gasteiger charge is 2.23. The Hall–Kier alpha value is -5.26. The number of carboxylic acid groups (broad SMARTS) is 4. The number of carboxylic acids is 4. The fourth-order valence-electron chi connectivity index (χ4n) is 6.16. The van der Waals surface area contributed by atoms with E-state index in [-0.39, 0.29) is 18.4 Å². The summed E-state index contributed by atoms with van der Waals surface area (Å²) in [4.78, 5) is 42.3. The van der Waals surface area contributed by atoms with E-state index in [0.717, 1.165) is 92.3 Å². The normalized spacial score (nSPS) is 15.7. The van der Waals surface area contributed by atoms with E-state index in [4.69, 9.17) is 53.8 Å². The quantitative estimate of drug-likeness (QED) is 0.119. The lowest BCUT2D eigenvalue weighted by atomic mass is 9.97. The Bertz CT molecular complexity index is 1840. The molecule has 0 amide bonds. The summed E-state index contributed by atoms with van der Waals surface area (Å²) in [5.74, 6) is -5.26. The van der Waals surface area contributed by atoms with Crippen molar-refractivity contribution in [2.45, 2.75) is 31.8 Å². The number of rotatable bonds is 11. The highest BCUT2D eigenvalue weighted by atomic mass is 32.1. The SMILES string of the molecule is COc1cc(Cc2c(-c3ccc(OCCN4CCC[C@H]4CO)cc3)sc3cc(O)ccc23)ccc1CN1CCOCC1.O=C(O)C(=O)O.O=C(O)C(=O)O. The van der Waals surface area contributed by atoms with Gasteiger partial charge in [-0.2, -0.15) is 0 Å². The van der Waals surface area contributed by atoms with Crippen LogP contribution in [0.3, 0.4) is 0 Å². The van der Waals surface area contributed by atoms with Gasteiger partial charge in [0.15, 0.2) is 0 Å². The van der Waals surface area contributed by atoms with Gasteiger partial charge >= 0.3 is 23.9 Å². The van der Waals surface area contributed by atoms with Crippen LogP contribution in [0.25, 0.3) is 20.5 Å². The van der Waals surface area contributed by atoms with Crippen molar-refractivity contribution < 1.29 is 64.0 Å². The van der Waals surface area contributed by atoms with E-state index >= 15 is 0 Å². The van der Waals surface area contributed by atoms with Crippen LogP contribution in [0.5, 0.6) is 17.2 Å². The second-order valence-corrected chi connectivity index (χ2v) is 13.5. The molecule has 0 saturated carbocycles. The number of nitrogens with zero attached hydrogens (tertiary/aromatic N) is 2. The minimum Gasteiger partial charge on any atom is -0.508 e. The van der Waals surface area contributed by atoms with Gasteiger partial charge in [-0.3, -0.25) is 9.80 Å². The van der Waals surface area contributed by atoms with Crippen LogP contribution in [0.2, 0.25) is 0 Å². The van der Waals surface area contributed by atoms with Crippen molar-refractivity contribution in [1.29, 1.82) is 0 Å². The van der Waals surface area contributed by atoms with Gasteiger partial charge in [0.1, 0.15) is 23.9 Å². The second-order valence-electron chi connectivity index (χ2n) is 12.4. The summed E-state index contributed by atoms with van der Waals surface area (Å²) in [6, 6.07) is 20.8. The minimum atomic E-state index is -1.82. The van der Waals surface area contributed by atoms with Crippen LogP contribution in [0.1, 0.15) is 29.5 Å². The number of hydrogen-bond acceptors (Lipinski definition) is 12. The standard InChI is InChI=1S/C34H40N2O5S.2C2H2O4/c1-39-32-20-24(4-5-26(32)22-35-13-16-40-17-14-35)19-31-30-11-8-28(38)21-33(30)42-34(31)25-6-9-29(10-7-25)41-18-15-36-12-2-3-27(36)23-37;2*3-1(4)2(5)6/h4-11,20-21,27,37-38H,2-3,12-19,22-23H2,1H3;2*(H,3,4)(H,5,6)/t27-;;/m0../s1. The monoisotopic (exact) mass is 768 g/mol. The van der Waals surface area contributed by atoms with Crippen molar-refractivity contribution in [2.24, 2.45) is 0 Å². The van der Waals surface area contributed by atoms with Crippen molar-refractivity contribution in [3.05, 3.63) is 77.4 Å². The van der Waals surface area contributed by atoms with E-state index in [2.05, 4.69) is 40.1 Å². The summed E-state index contributed by atoms with van der Waals surface area (Å²) in [6.07, 6.45) is 2.96. The zero-order chi connectivity index (χ0) is 39.2. The molecule has 3 heterocycles. The minimum absolute atomic E-state index is 0.218. The summed E-state index contributed by atoms with van der Waals surface area (Å²) < 4.78 is 18.5. The van der Waals surface area contributed by atoms with E-state index in [1.165, 1.54) is 21.6 Å². The molecule has 6 rings (SSSR count). The molecule has 54 heavy (non-hydrogen) atoms. The molecule has 290 valence electrons. The third kappa shape index (κ3) is 11.9. The average molecular weight is 769 g/mol. The third-order valence-electron chi connectivity index (χ3n) is 8.85. The smallest absolute Gasteiger partial charge is 0.414 e. The number of morpholine rings is 1. The van der Waals surface area contributed by atoms with Gasteiger partial charge in [0.05, 0.1) is 26.9 Å². The molecule has 0 aliphatic carbocycles. The molecule has 4 aromatic rings. The fraction of sp³-hybridized carbons (Fsp3) is 0.368. The molecule has 0 unspecified atom stereocenters. The van der Waals surface area contributed by atoms with Gasteiger partial charge in [0.2, 0.25) is 0 Å². The highest BCUT2D eigenvalue weighted by Crippen LogP contribution is 2.42. The number of fused-ring (bicyclic) bond motifs is 1. The zero-order valence-corrected chi connectivity index (χ0v) is 30.5. The summed E-state index contributed by atoms with van der Waals surface area (Å²) in [5, 5.41) is 50.5. The third-order valence-corrected chi connectivity index (χ3v) is 10.1. The van der Waals surface area contributed by atoms with Crippen molar-refractivity contribution in [3.8, 4) is 27.7 Å². The first kappa shape index (κ1) is 41.5. The van der Waals surface area contributed by atoms with Crippen molar-refractivity contribution in [1.82, 2.24) is 9.80 Å². The molecular weight excluding hydrogens is 724 g/mol. The number of hydrogen-bond donors (Lipinski definition) is 6. The molecule has 15 nitrogen and oxygen atoms in total. The molecule has 0 bridgehead atoms. The molecule has 16 heteroatoms. The molecule has 2 aliphatic rings. The molecule has 1 aromatic heterocycles. The van der Waals surface area contributed by atoms with Crippen LogP contribution in [-0.2, 0) is 36.9 Å². The lowest BCUT2D eigenvalue weighted by Crippen LogP contribution is -2.35. The number of aliphatic hydroxyl groups is 1. The topological polar surface area (TPSA) is 224 Å². The number of methoxy groups -OCH3 is 1. The Labute approximate surface area is 315 Å². The fourth-order valence-corrected chi connectivity index (χ4v) is 7.42. The first-order valence-corrected chi connectivity index (χ1v) is 17.9. The number of phenols is 1. The Morgan fingerprint density at radius 1 is 0.870 bits per heavy atom. The number of carbonyl (C=O) groups is 4. The van der Waals surface area contributed by atoms with Gasteiger partial charge in [-0.1, -0.05) is 12.1 Å². The van der Waals surface area contributed by atoms with Gasteiger partial charge in [0.25, 0.3) is 0 Å². The summed E-state index contributed by atoms with van der Waals surface area (Å²) in [6.45, 7) is 6.96. The molecule has 6 N–H and O–H groups in total. The van der Waals surface area contributed by atoms with Crippen LogP contribution in [0.15, 0.2) is 60.7 Å². The highest BCUT2D eigenvalue weighted by molar-refractivity contribution is 7.22. The van der Waals surface area contributed by atoms with Crippen molar-refractivity contribution >= 4 is 45.3 Å². The molecule has 1 atom stereocenters. The molecule has 2 saturated heterocycles. The van der Waals surface area contributed by atoms with Crippen molar-refractivity contribution in [2.75, 3.05) is 59.7 Å². The Morgan fingerprint density at radius 3 is 2.15 bits per heavy atom. The Morgan fingerprint density at radius 2 is 1.54 bits per heavy atom. The zero-order valence-electron chi connectivity index (χ0n) is 29.7. The second kappa shape index (κ2) is 20.3. The summed E-state index contributed by atoms with van der Waals surface area (Å²) in [7, 11) is 1.75. The predicted octanol–water partition coefficient (Wildman–Crippen LogP) is 3.85. The number of ether oxygens (including phenoxy) is 3.